The zero-order valence-corrected chi connectivity index (χ0v) is 15.1. The zero-order chi connectivity index (χ0) is 18.5. The number of benzene rings is 2. The molecule has 3 rings (SSSR count). The Labute approximate surface area is 156 Å². The Morgan fingerprint density at radius 3 is 2.77 bits per heavy atom. The van der Waals surface area contributed by atoms with Crippen molar-refractivity contribution in [1.29, 1.82) is 0 Å². The number of thiazole rings is 1. The number of aromatic nitrogens is 1. The average Bonchev–Trinajstić information content (AvgIpc) is 3.01. The number of carbonyl (C=O) groups is 1. The van der Waals surface area contributed by atoms with Crippen molar-refractivity contribution < 1.29 is 14.1 Å². The summed E-state index contributed by atoms with van der Waals surface area (Å²) in [7, 11) is 0. The van der Waals surface area contributed by atoms with E-state index in [1.54, 1.807) is 30.0 Å². The number of nitrogens with one attached hydrogen (secondary N) is 1. The fourth-order valence-electron chi connectivity index (χ4n) is 2.22. The van der Waals surface area contributed by atoms with Gasteiger partial charge in [0.2, 0.25) is 5.91 Å². The highest BCUT2D eigenvalue weighted by molar-refractivity contribution is 7.99. The lowest BCUT2D eigenvalue weighted by molar-refractivity contribution is -0.384. The monoisotopic (exact) mass is 391 g/mol. The standard InChI is InChI=1S/C17H14FN3O3S2/c18-11-3-6-13(7-4-11)25-9-1-2-16(22)20-17-19-14-10-12(21(23)24)5-8-15(14)26-17/h3-8,10H,1-2,9H2,(H,19,20,22). The molecule has 0 aliphatic rings. The van der Waals surface area contributed by atoms with Crippen molar-refractivity contribution in [3.05, 3.63) is 58.4 Å². The molecule has 0 atom stereocenters. The number of halogens is 1. The normalized spacial score (nSPS) is 10.8. The van der Waals surface area contributed by atoms with Crippen molar-refractivity contribution in [2.75, 3.05) is 11.1 Å². The van der Waals surface area contributed by atoms with Crippen LogP contribution < -0.4 is 5.32 Å². The minimum atomic E-state index is -0.476. The molecule has 134 valence electrons. The Hall–Kier alpha value is -2.52. The SMILES string of the molecule is O=C(CCCSc1ccc(F)cc1)Nc1nc2cc([N+](=O)[O-])ccc2s1. The molecular formula is C17H14FN3O3S2. The van der Waals surface area contributed by atoms with Crippen LogP contribution in [0.15, 0.2) is 47.4 Å². The molecular weight excluding hydrogens is 377 g/mol. The van der Waals surface area contributed by atoms with Crippen molar-refractivity contribution in [2.24, 2.45) is 0 Å². The molecule has 1 heterocycles. The van der Waals surface area contributed by atoms with Gasteiger partial charge in [-0.3, -0.25) is 14.9 Å². The van der Waals surface area contributed by atoms with E-state index >= 15 is 0 Å². The van der Waals surface area contributed by atoms with Gasteiger partial charge in [-0.1, -0.05) is 11.3 Å². The molecule has 3 aromatic rings. The summed E-state index contributed by atoms with van der Waals surface area (Å²) >= 11 is 2.84. The second kappa shape index (κ2) is 8.24. The molecule has 0 aliphatic carbocycles. The number of carbonyl (C=O) groups excluding carboxylic acids is 1. The third-order valence-electron chi connectivity index (χ3n) is 3.46. The Kier molecular flexibility index (Phi) is 5.79. The first-order valence-corrected chi connectivity index (χ1v) is 9.55. The molecule has 0 spiro atoms. The lowest BCUT2D eigenvalue weighted by Crippen LogP contribution is -2.11. The maximum atomic E-state index is 12.8. The first-order chi connectivity index (χ1) is 12.5. The summed E-state index contributed by atoms with van der Waals surface area (Å²) < 4.78 is 13.6. The number of amides is 1. The van der Waals surface area contributed by atoms with Crippen LogP contribution in [0.3, 0.4) is 0 Å². The number of nitrogens with zero attached hydrogens (tertiary/aromatic N) is 2. The summed E-state index contributed by atoms with van der Waals surface area (Å²) in [4.78, 5) is 27.5. The van der Waals surface area contributed by atoms with Gasteiger partial charge in [-0.15, -0.1) is 11.8 Å². The van der Waals surface area contributed by atoms with Crippen LogP contribution in [-0.2, 0) is 4.79 Å². The van der Waals surface area contributed by atoms with Crippen LogP contribution in [0.1, 0.15) is 12.8 Å². The van der Waals surface area contributed by atoms with E-state index in [1.165, 1.54) is 35.6 Å². The number of hydrogen-bond donors (Lipinski definition) is 1. The predicted molar refractivity (Wildman–Crippen MR) is 101 cm³/mol. The first kappa shape index (κ1) is 18.3. The molecule has 1 N–H and O–H groups in total. The van der Waals surface area contributed by atoms with Gasteiger partial charge in [0.05, 0.1) is 15.1 Å². The molecule has 0 unspecified atom stereocenters. The predicted octanol–water partition coefficient (Wildman–Crippen LogP) is 4.85. The lowest BCUT2D eigenvalue weighted by Gasteiger charge is -2.02. The fraction of sp³-hybridized carbons (Fsp3) is 0.176. The van der Waals surface area contributed by atoms with Crippen molar-refractivity contribution in [2.45, 2.75) is 17.7 Å². The Morgan fingerprint density at radius 1 is 1.27 bits per heavy atom. The average molecular weight is 391 g/mol. The van der Waals surface area contributed by atoms with Gasteiger partial charge < -0.3 is 5.32 Å². The van der Waals surface area contributed by atoms with Crippen molar-refractivity contribution in [3.63, 3.8) is 0 Å². The second-order valence-corrected chi connectivity index (χ2v) is 7.58. The summed E-state index contributed by atoms with van der Waals surface area (Å²) in [6.45, 7) is 0. The highest BCUT2D eigenvalue weighted by Gasteiger charge is 2.12. The molecule has 0 aliphatic heterocycles. The van der Waals surface area contributed by atoms with E-state index in [0.29, 0.717) is 23.5 Å². The highest BCUT2D eigenvalue weighted by atomic mass is 32.2. The minimum absolute atomic E-state index is 0.0292. The molecule has 0 bridgehead atoms. The van der Waals surface area contributed by atoms with Crippen LogP contribution in [0.4, 0.5) is 15.2 Å². The topological polar surface area (TPSA) is 85.1 Å². The third-order valence-corrected chi connectivity index (χ3v) is 5.51. The maximum absolute atomic E-state index is 12.8. The first-order valence-electron chi connectivity index (χ1n) is 7.74. The number of fused-ring (bicyclic) bond motifs is 1. The molecule has 26 heavy (non-hydrogen) atoms. The molecule has 0 saturated carbocycles. The van der Waals surface area contributed by atoms with E-state index in [4.69, 9.17) is 0 Å². The van der Waals surface area contributed by atoms with Crippen LogP contribution in [0.25, 0.3) is 10.2 Å². The van der Waals surface area contributed by atoms with Crippen LogP contribution in [0.2, 0.25) is 0 Å². The van der Waals surface area contributed by atoms with Gasteiger partial charge in [-0.2, -0.15) is 0 Å². The van der Waals surface area contributed by atoms with E-state index in [2.05, 4.69) is 10.3 Å². The van der Waals surface area contributed by atoms with E-state index in [0.717, 1.165) is 15.3 Å². The number of hydrogen-bond acceptors (Lipinski definition) is 6. The van der Waals surface area contributed by atoms with Gasteiger partial charge in [0.1, 0.15) is 5.82 Å². The van der Waals surface area contributed by atoms with E-state index < -0.39 is 4.92 Å². The summed E-state index contributed by atoms with van der Waals surface area (Å²) in [6.07, 6.45) is 1.01. The Balaban J connectivity index is 1.49. The van der Waals surface area contributed by atoms with Gasteiger partial charge in [0.25, 0.3) is 5.69 Å². The Morgan fingerprint density at radius 2 is 2.04 bits per heavy atom. The number of non-ortho nitro benzene ring substituents is 1. The smallest absolute Gasteiger partial charge is 0.271 e. The summed E-state index contributed by atoms with van der Waals surface area (Å²) in [6, 6.07) is 10.7. The van der Waals surface area contributed by atoms with Gasteiger partial charge >= 0.3 is 0 Å². The van der Waals surface area contributed by atoms with Crippen LogP contribution in [-0.4, -0.2) is 21.6 Å². The van der Waals surface area contributed by atoms with Crippen LogP contribution >= 0.6 is 23.1 Å². The molecule has 0 fully saturated rings. The number of thioether (sulfide) groups is 1. The molecule has 1 amide bonds. The molecule has 9 heteroatoms. The van der Waals surface area contributed by atoms with Crippen LogP contribution in [0.5, 0.6) is 0 Å². The highest BCUT2D eigenvalue weighted by Crippen LogP contribution is 2.29. The lowest BCUT2D eigenvalue weighted by atomic mass is 10.3. The number of nitro groups is 1. The van der Waals surface area contributed by atoms with E-state index in [9.17, 15) is 19.3 Å². The molecule has 6 nitrogen and oxygen atoms in total. The molecule has 0 radical (unpaired) electrons. The van der Waals surface area contributed by atoms with Crippen molar-refractivity contribution in [3.8, 4) is 0 Å². The van der Waals surface area contributed by atoms with Crippen molar-refractivity contribution in [1.82, 2.24) is 4.98 Å². The van der Waals surface area contributed by atoms with Gasteiger partial charge in [0.15, 0.2) is 5.13 Å². The van der Waals surface area contributed by atoms with Gasteiger partial charge in [-0.25, -0.2) is 9.37 Å². The second-order valence-electron chi connectivity index (χ2n) is 5.38. The molecule has 2 aromatic carbocycles. The van der Waals surface area contributed by atoms with Gasteiger partial charge in [0, 0.05) is 23.4 Å². The fourth-order valence-corrected chi connectivity index (χ4v) is 3.93. The van der Waals surface area contributed by atoms with Crippen molar-refractivity contribution >= 4 is 50.0 Å². The van der Waals surface area contributed by atoms with E-state index in [1.807, 2.05) is 0 Å². The summed E-state index contributed by atoms with van der Waals surface area (Å²) in [5.74, 6) is 0.318. The summed E-state index contributed by atoms with van der Waals surface area (Å²) in [5.41, 5.74) is 0.463. The van der Waals surface area contributed by atoms with Crippen LogP contribution in [0, 0.1) is 15.9 Å². The third kappa shape index (κ3) is 4.77. The number of rotatable bonds is 7. The Bertz CT molecular complexity index is 944. The quantitative estimate of drug-likeness (QED) is 0.269. The minimum Gasteiger partial charge on any atom is -0.302 e. The van der Waals surface area contributed by atoms with Gasteiger partial charge in [-0.05, 0) is 42.5 Å². The number of anilines is 1. The maximum Gasteiger partial charge on any atom is 0.271 e. The largest absolute Gasteiger partial charge is 0.302 e. The molecule has 1 aromatic heterocycles. The molecule has 0 saturated heterocycles. The number of nitro benzene ring substituents is 1. The van der Waals surface area contributed by atoms with E-state index in [-0.39, 0.29) is 17.4 Å². The zero-order valence-electron chi connectivity index (χ0n) is 13.5. The summed E-state index contributed by atoms with van der Waals surface area (Å²) in [5, 5.41) is 13.9.